The smallest absolute Gasteiger partial charge is 0.268 e. The minimum atomic E-state index is -0.161. The van der Waals surface area contributed by atoms with Gasteiger partial charge < -0.3 is 14.6 Å². The summed E-state index contributed by atoms with van der Waals surface area (Å²) in [5.41, 5.74) is 1.52. The third-order valence-electron chi connectivity index (χ3n) is 4.06. The molecule has 0 aliphatic carbocycles. The molecule has 1 aromatic carbocycles. The fraction of sp³-hybridized carbons (Fsp3) is 0.316. The molecule has 0 fully saturated rings. The maximum absolute atomic E-state index is 12.5. The van der Waals surface area contributed by atoms with Crippen LogP contribution in [0.5, 0.6) is 5.75 Å². The van der Waals surface area contributed by atoms with Gasteiger partial charge in [0.1, 0.15) is 16.3 Å². The molecule has 7 heteroatoms. The van der Waals surface area contributed by atoms with Crippen molar-refractivity contribution in [1.29, 1.82) is 0 Å². The number of nitrogens with one attached hydrogen (secondary N) is 1. The van der Waals surface area contributed by atoms with Crippen molar-refractivity contribution in [2.75, 3.05) is 13.7 Å². The van der Waals surface area contributed by atoms with Crippen LogP contribution in [-0.4, -0.2) is 34.4 Å². The summed E-state index contributed by atoms with van der Waals surface area (Å²) < 4.78 is 6.20. The fourth-order valence-corrected chi connectivity index (χ4v) is 3.47. The number of ether oxygens (including phenoxy) is 1. The van der Waals surface area contributed by atoms with Crippen molar-refractivity contribution in [2.24, 2.45) is 0 Å². The summed E-state index contributed by atoms with van der Waals surface area (Å²) in [7, 11) is 1.72. The lowest BCUT2D eigenvalue weighted by Gasteiger charge is -2.17. The highest BCUT2D eigenvalue weighted by molar-refractivity contribution is 7.17. The number of hydrogen-bond donors (Lipinski definition) is 1. The molecule has 2 heterocycles. The second-order valence-electron chi connectivity index (χ2n) is 5.94. The number of benzene rings is 1. The topological polar surface area (TPSA) is 75.3 Å². The monoisotopic (exact) mass is 371 g/mol. The zero-order chi connectivity index (χ0) is 18.5. The molecule has 1 amide bonds. The number of thiophene rings is 1. The zero-order valence-electron chi connectivity index (χ0n) is 14.8. The number of para-hydroxylation sites is 1. The van der Waals surface area contributed by atoms with E-state index in [0.29, 0.717) is 35.5 Å². The Morgan fingerprint density at radius 2 is 2.12 bits per heavy atom. The molecule has 1 N–H and O–H groups in total. The van der Waals surface area contributed by atoms with E-state index in [-0.39, 0.29) is 18.0 Å². The van der Waals surface area contributed by atoms with Crippen LogP contribution in [0.25, 0.3) is 10.2 Å². The van der Waals surface area contributed by atoms with Crippen LogP contribution in [0.15, 0.2) is 40.5 Å². The van der Waals surface area contributed by atoms with Crippen LogP contribution in [0.1, 0.15) is 24.7 Å². The third kappa shape index (κ3) is 4.11. The van der Waals surface area contributed by atoms with Crippen molar-refractivity contribution in [2.45, 2.75) is 26.3 Å². The molecule has 0 spiro atoms. The molecule has 136 valence electrons. The zero-order valence-corrected chi connectivity index (χ0v) is 15.6. The van der Waals surface area contributed by atoms with E-state index in [2.05, 4.69) is 9.97 Å². The van der Waals surface area contributed by atoms with E-state index in [0.717, 1.165) is 11.3 Å². The van der Waals surface area contributed by atoms with Crippen molar-refractivity contribution in [3.05, 3.63) is 57.5 Å². The molecular formula is C19H21N3O3S. The van der Waals surface area contributed by atoms with E-state index < -0.39 is 0 Å². The minimum absolute atomic E-state index is 0.00985. The summed E-state index contributed by atoms with van der Waals surface area (Å²) in [6, 6.07) is 9.56. The predicted molar refractivity (Wildman–Crippen MR) is 103 cm³/mol. The fourth-order valence-electron chi connectivity index (χ4n) is 2.75. The first-order valence-corrected chi connectivity index (χ1v) is 9.37. The number of rotatable bonds is 7. The van der Waals surface area contributed by atoms with Gasteiger partial charge in [0.25, 0.3) is 5.56 Å². The Morgan fingerprint density at radius 1 is 1.31 bits per heavy atom. The molecule has 0 saturated carbocycles. The number of aromatic amines is 1. The Bertz CT molecular complexity index is 964. The standard InChI is InChI=1S/C19H21N3O3S/c1-3-25-15-7-5-4-6-13(15)8-9-17(23)22(2)12-16-20-14-10-11-26-18(14)19(24)21-16/h4-7,10-11H,3,8-9,12H2,1-2H3,(H,20,21,24). The quantitative estimate of drug-likeness (QED) is 0.693. The first-order valence-electron chi connectivity index (χ1n) is 8.49. The van der Waals surface area contributed by atoms with Crippen molar-refractivity contribution >= 4 is 27.5 Å². The molecular weight excluding hydrogens is 350 g/mol. The van der Waals surface area contributed by atoms with E-state index in [1.807, 2.05) is 42.6 Å². The lowest BCUT2D eigenvalue weighted by atomic mass is 10.1. The average molecular weight is 371 g/mol. The van der Waals surface area contributed by atoms with E-state index in [4.69, 9.17) is 4.74 Å². The molecule has 3 aromatic rings. The Morgan fingerprint density at radius 3 is 2.92 bits per heavy atom. The highest BCUT2D eigenvalue weighted by Gasteiger charge is 2.13. The van der Waals surface area contributed by atoms with Gasteiger partial charge in [-0.3, -0.25) is 9.59 Å². The number of amides is 1. The van der Waals surface area contributed by atoms with Gasteiger partial charge in [0, 0.05) is 13.5 Å². The highest BCUT2D eigenvalue weighted by Crippen LogP contribution is 2.20. The molecule has 0 atom stereocenters. The summed E-state index contributed by atoms with van der Waals surface area (Å²) >= 11 is 1.36. The van der Waals surface area contributed by atoms with Gasteiger partial charge in [0.05, 0.1) is 18.7 Å². The molecule has 0 aliphatic heterocycles. The number of aryl methyl sites for hydroxylation is 1. The van der Waals surface area contributed by atoms with Crippen molar-refractivity contribution in [1.82, 2.24) is 14.9 Å². The Balaban J connectivity index is 1.63. The molecule has 26 heavy (non-hydrogen) atoms. The van der Waals surface area contributed by atoms with Gasteiger partial charge in [-0.2, -0.15) is 0 Å². The molecule has 0 unspecified atom stereocenters. The van der Waals surface area contributed by atoms with Crippen LogP contribution < -0.4 is 10.3 Å². The second-order valence-corrected chi connectivity index (χ2v) is 6.85. The molecule has 3 rings (SSSR count). The van der Waals surface area contributed by atoms with Crippen LogP contribution in [0.4, 0.5) is 0 Å². The Labute approximate surface area is 155 Å². The van der Waals surface area contributed by atoms with E-state index in [9.17, 15) is 9.59 Å². The van der Waals surface area contributed by atoms with E-state index >= 15 is 0 Å². The molecule has 6 nitrogen and oxygen atoms in total. The molecule has 2 aromatic heterocycles. The van der Waals surface area contributed by atoms with Gasteiger partial charge in [-0.1, -0.05) is 18.2 Å². The minimum Gasteiger partial charge on any atom is -0.494 e. The van der Waals surface area contributed by atoms with Crippen molar-refractivity contribution in [3.63, 3.8) is 0 Å². The van der Waals surface area contributed by atoms with Gasteiger partial charge >= 0.3 is 0 Å². The number of nitrogens with zero attached hydrogens (tertiary/aromatic N) is 2. The van der Waals surface area contributed by atoms with Gasteiger partial charge in [-0.15, -0.1) is 11.3 Å². The number of hydrogen-bond acceptors (Lipinski definition) is 5. The lowest BCUT2D eigenvalue weighted by molar-refractivity contribution is -0.130. The summed E-state index contributed by atoms with van der Waals surface area (Å²) in [6.07, 6.45) is 0.971. The van der Waals surface area contributed by atoms with Gasteiger partial charge in [-0.25, -0.2) is 4.98 Å². The largest absolute Gasteiger partial charge is 0.494 e. The summed E-state index contributed by atoms with van der Waals surface area (Å²) in [5, 5.41) is 1.83. The van der Waals surface area contributed by atoms with E-state index in [1.54, 1.807) is 11.9 Å². The number of H-pyrrole nitrogens is 1. The second kappa shape index (κ2) is 8.14. The molecule has 0 aliphatic rings. The third-order valence-corrected chi connectivity index (χ3v) is 4.96. The summed E-state index contributed by atoms with van der Waals surface area (Å²) in [6.45, 7) is 2.80. The maximum Gasteiger partial charge on any atom is 0.268 e. The average Bonchev–Trinajstić information content (AvgIpc) is 3.10. The Hall–Kier alpha value is -2.67. The van der Waals surface area contributed by atoms with Crippen LogP contribution in [0.2, 0.25) is 0 Å². The van der Waals surface area contributed by atoms with Crippen molar-refractivity contribution in [3.8, 4) is 5.75 Å². The van der Waals surface area contributed by atoms with Crippen LogP contribution in [-0.2, 0) is 17.8 Å². The van der Waals surface area contributed by atoms with Crippen LogP contribution in [0, 0.1) is 0 Å². The number of carbonyl (C=O) groups excluding carboxylic acids is 1. The Kier molecular flexibility index (Phi) is 5.68. The lowest BCUT2D eigenvalue weighted by Crippen LogP contribution is -2.28. The number of fused-ring (bicyclic) bond motifs is 1. The maximum atomic E-state index is 12.5. The molecule has 0 saturated heterocycles. The number of aromatic nitrogens is 2. The summed E-state index contributed by atoms with van der Waals surface area (Å²) in [4.78, 5) is 33.2. The van der Waals surface area contributed by atoms with Gasteiger partial charge in [0.15, 0.2) is 0 Å². The van der Waals surface area contributed by atoms with Gasteiger partial charge in [-0.05, 0) is 36.4 Å². The SMILES string of the molecule is CCOc1ccccc1CCC(=O)N(C)Cc1nc2ccsc2c(=O)[nH]1. The highest BCUT2D eigenvalue weighted by atomic mass is 32.1. The molecule has 0 bridgehead atoms. The molecule has 0 radical (unpaired) electrons. The first-order chi connectivity index (χ1) is 12.6. The summed E-state index contributed by atoms with van der Waals surface area (Å²) in [5.74, 6) is 1.30. The van der Waals surface area contributed by atoms with Crippen LogP contribution in [0.3, 0.4) is 0 Å². The van der Waals surface area contributed by atoms with E-state index in [1.165, 1.54) is 11.3 Å². The predicted octanol–water partition coefficient (Wildman–Crippen LogP) is 2.97. The van der Waals surface area contributed by atoms with Crippen LogP contribution >= 0.6 is 11.3 Å². The van der Waals surface area contributed by atoms with Crippen molar-refractivity contribution < 1.29 is 9.53 Å². The van der Waals surface area contributed by atoms with Gasteiger partial charge in [0.2, 0.25) is 5.91 Å². The first kappa shape index (κ1) is 18.1. The normalized spacial score (nSPS) is 10.8. The number of carbonyl (C=O) groups is 1.